The van der Waals surface area contributed by atoms with Crippen LogP contribution in [-0.2, 0) is 9.59 Å². The largest absolute Gasteiger partial charge is 0.296 e. The molecule has 0 radical (unpaired) electrons. The van der Waals surface area contributed by atoms with Crippen LogP contribution in [0, 0.1) is 11.8 Å². The quantitative estimate of drug-likeness (QED) is 0.566. The Morgan fingerprint density at radius 2 is 2.09 bits per heavy atom. The van der Waals surface area contributed by atoms with Crippen molar-refractivity contribution in [3.05, 3.63) is 0 Å². The van der Waals surface area contributed by atoms with Crippen LogP contribution in [0.3, 0.4) is 0 Å². The molecule has 0 bridgehead atoms. The standard InChI is InChI=1S/C8H13NO2/c1-3-6-4-5(2)7(10)9-8(6)11/h5-6H,3-4H2,1-2H3,(H,9,10,11)/t5-,6+/m0/s1. The molecule has 3 nitrogen and oxygen atoms in total. The van der Waals surface area contributed by atoms with Crippen molar-refractivity contribution in [2.45, 2.75) is 26.7 Å². The highest BCUT2D eigenvalue weighted by Crippen LogP contribution is 2.19. The van der Waals surface area contributed by atoms with E-state index in [1.54, 1.807) is 0 Å². The zero-order valence-corrected chi connectivity index (χ0v) is 6.89. The molecular weight excluding hydrogens is 142 g/mol. The van der Waals surface area contributed by atoms with Gasteiger partial charge in [0.1, 0.15) is 0 Å². The monoisotopic (exact) mass is 155 g/mol. The summed E-state index contributed by atoms with van der Waals surface area (Å²) in [6, 6.07) is 0. The molecule has 1 saturated heterocycles. The predicted octanol–water partition coefficient (Wildman–Crippen LogP) is 0.695. The van der Waals surface area contributed by atoms with Crippen LogP contribution in [0.4, 0.5) is 0 Å². The van der Waals surface area contributed by atoms with E-state index < -0.39 is 0 Å². The number of piperidine rings is 1. The second-order valence-corrected chi connectivity index (χ2v) is 3.10. The minimum Gasteiger partial charge on any atom is -0.296 e. The molecule has 3 heteroatoms. The second kappa shape index (κ2) is 3.03. The van der Waals surface area contributed by atoms with E-state index in [0.717, 1.165) is 6.42 Å². The van der Waals surface area contributed by atoms with Gasteiger partial charge in [0.25, 0.3) is 0 Å². The SMILES string of the molecule is CC[C@@H]1C[C@H](C)C(=O)NC1=O. The molecule has 0 aromatic rings. The van der Waals surface area contributed by atoms with Crippen LogP contribution >= 0.6 is 0 Å². The van der Waals surface area contributed by atoms with Crippen molar-refractivity contribution in [1.29, 1.82) is 0 Å². The number of amides is 2. The molecule has 0 aromatic carbocycles. The fourth-order valence-electron chi connectivity index (χ4n) is 1.34. The van der Waals surface area contributed by atoms with Gasteiger partial charge in [0.05, 0.1) is 0 Å². The number of carbonyl (C=O) groups excluding carboxylic acids is 2. The molecule has 1 aliphatic heterocycles. The number of hydrogen-bond donors (Lipinski definition) is 1. The maximum Gasteiger partial charge on any atom is 0.229 e. The summed E-state index contributed by atoms with van der Waals surface area (Å²) in [6.45, 7) is 3.82. The van der Waals surface area contributed by atoms with Gasteiger partial charge >= 0.3 is 0 Å². The van der Waals surface area contributed by atoms with Gasteiger partial charge in [0, 0.05) is 11.8 Å². The fourth-order valence-corrected chi connectivity index (χ4v) is 1.34. The van der Waals surface area contributed by atoms with Crippen LogP contribution in [-0.4, -0.2) is 11.8 Å². The molecule has 1 fully saturated rings. The second-order valence-electron chi connectivity index (χ2n) is 3.10. The van der Waals surface area contributed by atoms with Crippen LogP contribution in [0.1, 0.15) is 26.7 Å². The van der Waals surface area contributed by atoms with E-state index in [9.17, 15) is 9.59 Å². The molecule has 11 heavy (non-hydrogen) atoms. The average molecular weight is 155 g/mol. The first-order valence-electron chi connectivity index (χ1n) is 3.99. The Morgan fingerprint density at radius 3 is 2.64 bits per heavy atom. The first-order valence-corrected chi connectivity index (χ1v) is 3.99. The molecular formula is C8H13NO2. The van der Waals surface area contributed by atoms with Crippen LogP contribution < -0.4 is 5.32 Å². The third kappa shape index (κ3) is 1.59. The minimum absolute atomic E-state index is 0.00218. The summed E-state index contributed by atoms with van der Waals surface area (Å²) < 4.78 is 0. The maximum atomic E-state index is 11.0. The van der Waals surface area contributed by atoms with E-state index in [1.165, 1.54) is 0 Å². The van der Waals surface area contributed by atoms with Crippen molar-refractivity contribution in [1.82, 2.24) is 5.32 Å². The van der Waals surface area contributed by atoms with E-state index in [1.807, 2.05) is 13.8 Å². The molecule has 0 spiro atoms. The zero-order valence-electron chi connectivity index (χ0n) is 6.89. The lowest BCUT2D eigenvalue weighted by molar-refractivity contribution is -0.139. The molecule has 1 heterocycles. The van der Waals surface area contributed by atoms with Gasteiger partial charge in [-0.2, -0.15) is 0 Å². The third-order valence-electron chi connectivity index (χ3n) is 2.20. The van der Waals surface area contributed by atoms with Crippen molar-refractivity contribution >= 4 is 11.8 Å². The summed E-state index contributed by atoms with van der Waals surface area (Å²) in [4.78, 5) is 22.0. The Balaban J connectivity index is 2.62. The topological polar surface area (TPSA) is 46.2 Å². The van der Waals surface area contributed by atoms with Gasteiger partial charge in [0.15, 0.2) is 0 Å². The first-order chi connectivity index (χ1) is 5.15. The Kier molecular flexibility index (Phi) is 2.27. The molecule has 0 unspecified atom stereocenters. The molecule has 2 amide bonds. The molecule has 1 rings (SSSR count). The zero-order chi connectivity index (χ0) is 8.43. The molecule has 0 saturated carbocycles. The van der Waals surface area contributed by atoms with Gasteiger partial charge in [-0.25, -0.2) is 0 Å². The van der Waals surface area contributed by atoms with Crippen molar-refractivity contribution in [3.8, 4) is 0 Å². The Morgan fingerprint density at radius 1 is 1.45 bits per heavy atom. The lowest BCUT2D eigenvalue weighted by atomic mass is 9.89. The first kappa shape index (κ1) is 8.24. The van der Waals surface area contributed by atoms with E-state index in [2.05, 4.69) is 5.32 Å². The smallest absolute Gasteiger partial charge is 0.229 e. The summed E-state index contributed by atoms with van der Waals surface area (Å²) in [5.41, 5.74) is 0. The van der Waals surface area contributed by atoms with Crippen molar-refractivity contribution in [2.75, 3.05) is 0 Å². The van der Waals surface area contributed by atoms with E-state index in [-0.39, 0.29) is 23.7 Å². The third-order valence-corrected chi connectivity index (χ3v) is 2.20. The number of nitrogens with one attached hydrogen (secondary N) is 1. The minimum atomic E-state index is -0.125. The summed E-state index contributed by atoms with van der Waals surface area (Å²) in [5.74, 6) is -0.185. The molecule has 0 aromatic heterocycles. The highest BCUT2D eigenvalue weighted by atomic mass is 16.2. The number of rotatable bonds is 1. The van der Waals surface area contributed by atoms with Crippen LogP contribution in [0.5, 0.6) is 0 Å². The Labute approximate surface area is 66.2 Å². The predicted molar refractivity (Wildman–Crippen MR) is 40.7 cm³/mol. The van der Waals surface area contributed by atoms with Gasteiger partial charge in [-0.15, -0.1) is 0 Å². The molecule has 62 valence electrons. The van der Waals surface area contributed by atoms with Gasteiger partial charge in [-0.1, -0.05) is 13.8 Å². The number of hydrogen-bond acceptors (Lipinski definition) is 2. The summed E-state index contributed by atoms with van der Waals surface area (Å²) in [7, 11) is 0. The number of imide groups is 1. The van der Waals surface area contributed by atoms with Gasteiger partial charge in [-0.3, -0.25) is 14.9 Å². The van der Waals surface area contributed by atoms with Crippen LogP contribution in [0.2, 0.25) is 0 Å². The van der Waals surface area contributed by atoms with Crippen molar-refractivity contribution in [2.24, 2.45) is 11.8 Å². The normalized spacial score (nSPS) is 31.8. The van der Waals surface area contributed by atoms with E-state index >= 15 is 0 Å². The lowest BCUT2D eigenvalue weighted by Crippen LogP contribution is -2.44. The fraction of sp³-hybridized carbons (Fsp3) is 0.750. The molecule has 2 atom stereocenters. The molecule has 1 N–H and O–H groups in total. The van der Waals surface area contributed by atoms with Crippen molar-refractivity contribution < 1.29 is 9.59 Å². The molecule has 1 aliphatic rings. The average Bonchev–Trinajstić information content (AvgIpc) is 1.97. The van der Waals surface area contributed by atoms with Gasteiger partial charge in [0.2, 0.25) is 11.8 Å². The summed E-state index contributed by atoms with van der Waals surface area (Å²) in [6.07, 6.45) is 1.53. The summed E-state index contributed by atoms with van der Waals surface area (Å²) in [5, 5.41) is 2.35. The Bertz CT molecular complexity index is 189. The lowest BCUT2D eigenvalue weighted by Gasteiger charge is -2.24. The Hall–Kier alpha value is -0.860. The highest BCUT2D eigenvalue weighted by molar-refractivity contribution is 5.99. The maximum absolute atomic E-state index is 11.0. The van der Waals surface area contributed by atoms with Crippen LogP contribution in [0.25, 0.3) is 0 Å². The number of carbonyl (C=O) groups is 2. The van der Waals surface area contributed by atoms with E-state index in [0.29, 0.717) is 6.42 Å². The van der Waals surface area contributed by atoms with Gasteiger partial charge < -0.3 is 0 Å². The van der Waals surface area contributed by atoms with E-state index in [4.69, 9.17) is 0 Å². The van der Waals surface area contributed by atoms with Crippen molar-refractivity contribution in [3.63, 3.8) is 0 Å². The van der Waals surface area contributed by atoms with Crippen LogP contribution in [0.15, 0.2) is 0 Å². The van der Waals surface area contributed by atoms with Gasteiger partial charge in [-0.05, 0) is 12.8 Å². The molecule has 0 aliphatic carbocycles. The highest BCUT2D eigenvalue weighted by Gasteiger charge is 2.30. The summed E-state index contributed by atoms with van der Waals surface area (Å²) >= 11 is 0.